The van der Waals surface area contributed by atoms with Gasteiger partial charge in [-0.05, 0) is 38.7 Å². The lowest BCUT2D eigenvalue weighted by molar-refractivity contribution is 0.00578. The second kappa shape index (κ2) is 4.50. The monoisotopic (exact) mass is 276 g/mol. The minimum absolute atomic E-state index is 0.121. The number of hydrogen-bond acceptors (Lipinski definition) is 3. The lowest BCUT2D eigenvalue weighted by Crippen LogP contribution is -2.41. The van der Waals surface area contributed by atoms with Gasteiger partial charge in [0, 0.05) is 5.46 Å². The van der Waals surface area contributed by atoms with Crippen LogP contribution in [-0.2, 0) is 14.7 Å². The summed E-state index contributed by atoms with van der Waals surface area (Å²) in [6.45, 7) is 14.3. The molecule has 0 unspecified atom stereocenters. The molecular weight excluding hydrogens is 251 g/mol. The number of aromatic hydroxyl groups is 1. The van der Waals surface area contributed by atoms with Crippen LogP contribution in [0.2, 0.25) is 0 Å². The highest BCUT2D eigenvalue weighted by molar-refractivity contribution is 6.63. The summed E-state index contributed by atoms with van der Waals surface area (Å²) in [5.74, 6) is 0.276. The molecule has 0 amide bonds. The van der Waals surface area contributed by atoms with E-state index in [0.29, 0.717) is 5.46 Å². The maximum absolute atomic E-state index is 10.6. The van der Waals surface area contributed by atoms with E-state index in [1.807, 2.05) is 45.9 Å². The summed E-state index contributed by atoms with van der Waals surface area (Å²) < 4.78 is 12.0. The van der Waals surface area contributed by atoms with Gasteiger partial charge in [-0.1, -0.05) is 39.0 Å². The maximum atomic E-state index is 10.6. The van der Waals surface area contributed by atoms with Crippen molar-refractivity contribution in [2.75, 3.05) is 0 Å². The van der Waals surface area contributed by atoms with Gasteiger partial charge < -0.3 is 14.4 Å². The Labute approximate surface area is 122 Å². The van der Waals surface area contributed by atoms with Gasteiger partial charge in [0.25, 0.3) is 0 Å². The molecule has 4 heteroatoms. The molecule has 1 fully saturated rings. The largest absolute Gasteiger partial charge is 0.508 e. The molecule has 1 aliphatic heterocycles. The minimum Gasteiger partial charge on any atom is -0.508 e. The molecule has 0 saturated carbocycles. The lowest BCUT2D eigenvalue weighted by atomic mass is 9.74. The highest BCUT2D eigenvalue weighted by atomic mass is 16.7. The van der Waals surface area contributed by atoms with E-state index in [2.05, 4.69) is 20.8 Å². The van der Waals surface area contributed by atoms with Crippen LogP contribution in [0.3, 0.4) is 0 Å². The van der Waals surface area contributed by atoms with Crippen molar-refractivity contribution < 1.29 is 14.4 Å². The zero-order valence-corrected chi connectivity index (χ0v) is 13.6. The molecule has 20 heavy (non-hydrogen) atoms. The Hall–Kier alpha value is -0.995. The highest BCUT2D eigenvalue weighted by Crippen LogP contribution is 2.38. The molecular formula is C16H25BO3. The van der Waals surface area contributed by atoms with Crippen molar-refractivity contribution in [1.82, 2.24) is 0 Å². The van der Waals surface area contributed by atoms with Crippen LogP contribution in [0.25, 0.3) is 0 Å². The fraction of sp³-hybridized carbons (Fsp3) is 0.625. The summed E-state index contributed by atoms with van der Waals surface area (Å²) in [5, 5.41) is 10.6. The van der Waals surface area contributed by atoms with E-state index in [1.54, 1.807) is 0 Å². The first-order valence-corrected chi connectivity index (χ1v) is 7.14. The zero-order valence-electron chi connectivity index (χ0n) is 13.6. The predicted molar refractivity (Wildman–Crippen MR) is 82.5 cm³/mol. The van der Waals surface area contributed by atoms with Crippen LogP contribution in [-0.4, -0.2) is 23.4 Å². The molecule has 1 aliphatic rings. The Morgan fingerprint density at radius 2 is 1.50 bits per heavy atom. The fourth-order valence-corrected chi connectivity index (χ4v) is 2.33. The third kappa shape index (κ3) is 2.47. The van der Waals surface area contributed by atoms with Crippen LogP contribution in [0.4, 0.5) is 0 Å². The Balaban J connectivity index is 2.42. The van der Waals surface area contributed by atoms with Gasteiger partial charge in [0.05, 0.1) is 11.2 Å². The molecule has 1 heterocycles. The van der Waals surface area contributed by atoms with E-state index in [4.69, 9.17) is 9.31 Å². The van der Waals surface area contributed by atoms with Gasteiger partial charge in [-0.15, -0.1) is 0 Å². The average molecular weight is 276 g/mol. The van der Waals surface area contributed by atoms with Crippen molar-refractivity contribution in [3.8, 4) is 5.75 Å². The first-order chi connectivity index (χ1) is 8.96. The van der Waals surface area contributed by atoms with Crippen LogP contribution < -0.4 is 5.46 Å². The predicted octanol–water partition coefficient (Wildman–Crippen LogP) is 2.99. The Bertz CT molecular complexity index is 499. The van der Waals surface area contributed by atoms with Crippen LogP contribution in [0.1, 0.15) is 54.0 Å². The van der Waals surface area contributed by atoms with Crippen molar-refractivity contribution in [2.24, 2.45) is 0 Å². The second-order valence-corrected chi connectivity index (χ2v) is 7.58. The fourth-order valence-electron chi connectivity index (χ4n) is 2.33. The minimum atomic E-state index is -0.526. The number of benzene rings is 1. The summed E-state index contributed by atoms with van der Waals surface area (Å²) in [7, 11) is -0.526. The van der Waals surface area contributed by atoms with Crippen molar-refractivity contribution in [3.63, 3.8) is 0 Å². The van der Waals surface area contributed by atoms with Crippen LogP contribution in [0.15, 0.2) is 18.2 Å². The summed E-state index contributed by atoms with van der Waals surface area (Å²) in [5.41, 5.74) is 0.689. The van der Waals surface area contributed by atoms with E-state index in [1.165, 1.54) is 0 Å². The third-order valence-electron chi connectivity index (χ3n) is 4.38. The first kappa shape index (κ1) is 15.4. The smallest absolute Gasteiger partial charge is 0.498 e. The molecule has 1 N–H and O–H groups in total. The van der Waals surface area contributed by atoms with Crippen molar-refractivity contribution in [3.05, 3.63) is 23.8 Å². The third-order valence-corrected chi connectivity index (χ3v) is 4.38. The molecule has 0 aromatic heterocycles. The molecule has 2 rings (SSSR count). The number of para-hydroxylation sites is 1. The lowest BCUT2D eigenvalue weighted by Gasteiger charge is -2.32. The first-order valence-electron chi connectivity index (χ1n) is 7.14. The summed E-state index contributed by atoms with van der Waals surface area (Å²) in [4.78, 5) is 0. The molecule has 1 saturated heterocycles. The molecule has 1 aromatic carbocycles. The van der Waals surface area contributed by atoms with Gasteiger partial charge in [0.1, 0.15) is 5.75 Å². The van der Waals surface area contributed by atoms with Gasteiger partial charge in [-0.25, -0.2) is 0 Å². The number of phenolic OH excluding ortho intramolecular Hbond substituents is 1. The van der Waals surface area contributed by atoms with Gasteiger partial charge >= 0.3 is 7.12 Å². The Kier molecular flexibility index (Phi) is 3.47. The van der Waals surface area contributed by atoms with Crippen LogP contribution >= 0.6 is 0 Å². The van der Waals surface area contributed by atoms with Crippen LogP contribution in [0.5, 0.6) is 5.75 Å². The van der Waals surface area contributed by atoms with Crippen molar-refractivity contribution >= 4 is 12.6 Å². The van der Waals surface area contributed by atoms with E-state index >= 15 is 0 Å². The van der Waals surface area contributed by atoms with Gasteiger partial charge in [-0.2, -0.15) is 0 Å². The molecule has 110 valence electrons. The molecule has 1 aromatic rings. The van der Waals surface area contributed by atoms with Crippen LogP contribution in [0, 0.1) is 0 Å². The number of rotatable bonds is 1. The van der Waals surface area contributed by atoms with E-state index in [9.17, 15) is 5.11 Å². The second-order valence-electron chi connectivity index (χ2n) is 7.58. The van der Waals surface area contributed by atoms with Crippen molar-refractivity contribution in [1.29, 1.82) is 0 Å². The molecule has 3 nitrogen and oxygen atoms in total. The van der Waals surface area contributed by atoms with E-state index < -0.39 is 18.3 Å². The Morgan fingerprint density at radius 3 is 1.95 bits per heavy atom. The van der Waals surface area contributed by atoms with Gasteiger partial charge in [0.15, 0.2) is 0 Å². The summed E-state index contributed by atoms with van der Waals surface area (Å²) >= 11 is 0. The topological polar surface area (TPSA) is 38.7 Å². The van der Waals surface area contributed by atoms with Gasteiger partial charge in [0.2, 0.25) is 0 Å². The van der Waals surface area contributed by atoms with E-state index in [-0.39, 0.29) is 11.2 Å². The van der Waals surface area contributed by atoms with Crippen molar-refractivity contribution in [2.45, 2.75) is 65.1 Å². The molecule has 0 radical (unpaired) electrons. The highest BCUT2D eigenvalue weighted by Gasteiger charge is 2.52. The molecule has 0 aliphatic carbocycles. The molecule has 0 spiro atoms. The normalized spacial score (nSPS) is 21.2. The summed E-state index contributed by atoms with van der Waals surface area (Å²) in [6.07, 6.45) is 0. The summed E-state index contributed by atoms with van der Waals surface area (Å²) in [6, 6.07) is 5.76. The van der Waals surface area contributed by atoms with Gasteiger partial charge in [-0.3, -0.25) is 0 Å². The standard InChI is InChI=1S/C16H25BO3/c1-14(2,3)11-9-8-10-12(13(11)18)17-19-15(4,5)16(6,7)20-17/h8-10,18H,1-7H3. The number of phenols is 1. The number of hydrogen-bond donors (Lipinski definition) is 1. The van der Waals surface area contributed by atoms with E-state index in [0.717, 1.165) is 5.56 Å². The average Bonchev–Trinajstić information content (AvgIpc) is 2.46. The quantitative estimate of drug-likeness (QED) is 0.801. The molecule has 0 bridgehead atoms. The Morgan fingerprint density at radius 1 is 1.00 bits per heavy atom. The zero-order chi connectivity index (χ0) is 15.3. The SMILES string of the molecule is CC(C)(C)c1cccc(B2OC(C)(C)C(C)(C)O2)c1O. The molecule has 0 atom stereocenters. The maximum Gasteiger partial charge on any atom is 0.498 e.